The lowest BCUT2D eigenvalue weighted by molar-refractivity contribution is -0.0515. The predicted octanol–water partition coefficient (Wildman–Crippen LogP) is 5.20. The van der Waals surface area contributed by atoms with Crippen LogP contribution in [0.1, 0.15) is 66.2 Å². The van der Waals surface area contributed by atoms with E-state index in [1.807, 2.05) is 0 Å². The van der Waals surface area contributed by atoms with Gasteiger partial charge in [0.25, 0.3) is 0 Å². The average molecular weight is 220 g/mol. The van der Waals surface area contributed by atoms with Gasteiger partial charge >= 0.3 is 0 Å². The van der Waals surface area contributed by atoms with Crippen LogP contribution in [0.2, 0.25) is 0 Å². The summed E-state index contributed by atoms with van der Waals surface area (Å²) >= 11 is 0. The van der Waals surface area contributed by atoms with Gasteiger partial charge in [-0.25, -0.2) is 0 Å². The van der Waals surface area contributed by atoms with Gasteiger partial charge in [-0.2, -0.15) is 0 Å². The van der Waals surface area contributed by atoms with Crippen LogP contribution in [0.15, 0.2) is 12.2 Å². The Bertz CT molecular complexity index is 290. The molecule has 0 heterocycles. The Labute approximate surface area is 102 Å². The number of fused-ring (bicyclic) bond motifs is 1. The van der Waals surface area contributed by atoms with Crippen molar-refractivity contribution in [1.82, 2.24) is 0 Å². The molecular formula is C16H28. The van der Waals surface area contributed by atoms with Crippen LogP contribution in [0, 0.1) is 22.7 Å². The fourth-order valence-electron chi connectivity index (χ4n) is 4.56. The zero-order valence-corrected chi connectivity index (χ0v) is 11.6. The van der Waals surface area contributed by atoms with E-state index in [2.05, 4.69) is 34.3 Å². The summed E-state index contributed by atoms with van der Waals surface area (Å²) in [6.07, 6.45) is 8.21. The van der Waals surface area contributed by atoms with Crippen molar-refractivity contribution in [2.24, 2.45) is 22.7 Å². The second-order valence-electron chi connectivity index (χ2n) is 6.76. The lowest BCUT2D eigenvalue weighted by Crippen LogP contribution is -2.49. The van der Waals surface area contributed by atoms with Crippen LogP contribution in [0.4, 0.5) is 0 Å². The molecule has 0 aromatic carbocycles. The van der Waals surface area contributed by atoms with E-state index in [0.29, 0.717) is 10.8 Å². The molecule has 0 aliphatic heterocycles. The number of rotatable bonds is 1. The molecule has 0 spiro atoms. The van der Waals surface area contributed by atoms with E-state index in [0.717, 1.165) is 11.8 Å². The molecule has 4 unspecified atom stereocenters. The van der Waals surface area contributed by atoms with Crippen LogP contribution in [-0.2, 0) is 0 Å². The van der Waals surface area contributed by atoms with Crippen LogP contribution in [0.25, 0.3) is 0 Å². The van der Waals surface area contributed by atoms with Crippen LogP contribution in [0.3, 0.4) is 0 Å². The van der Waals surface area contributed by atoms with Crippen LogP contribution in [0.5, 0.6) is 0 Å². The fraction of sp³-hybridized carbons (Fsp3) is 0.875. The van der Waals surface area contributed by atoms with Gasteiger partial charge in [0.15, 0.2) is 0 Å². The Morgan fingerprint density at radius 1 is 1.31 bits per heavy atom. The summed E-state index contributed by atoms with van der Waals surface area (Å²) in [5.41, 5.74) is 2.56. The smallest absolute Gasteiger partial charge is 0.00854 e. The Morgan fingerprint density at radius 2 is 2.00 bits per heavy atom. The maximum atomic E-state index is 4.40. The summed E-state index contributed by atoms with van der Waals surface area (Å²) in [5, 5.41) is 0. The molecule has 2 aliphatic rings. The van der Waals surface area contributed by atoms with E-state index in [1.165, 1.54) is 38.5 Å². The summed E-state index contributed by atoms with van der Waals surface area (Å²) in [5.74, 6) is 1.77. The van der Waals surface area contributed by atoms with Crippen molar-refractivity contribution in [3.05, 3.63) is 12.2 Å². The highest BCUT2D eigenvalue weighted by molar-refractivity contribution is 5.18. The lowest BCUT2D eigenvalue weighted by Gasteiger charge is -2.58. The van der Waals surface area contributed by atoms with Crippen molar-refractivity contribution in [1.29, 1.82) is 0 Å². The predicted molar refractivity (Wildman–Crippen MR) is 71.4 cm³/mol. The van der Waals surface area contributed by atoms with E-state index in [4.69, 9.17) is 0 Å². The summed E-state index contributed by atoms with van der Waals surface area (Å²) < 4.78 is 0. The molecule has 0 radical (unpaired) electrons. The number of hydrogen-bond donors (Lipinski definition) is 0. The van der Waals surface area contributed by atoms with Gasteiger partial charge < -0.3 is 0 Å². The highest BCUT2D eigenvalue weighted by Gasteiger charge is 2.52. The monoisotopic (exact) mass is 220 g/mol. The lowest BCUT2D eigenvalue weighted by atomic mass is 9.46. The quantitative estimate of drug-likeness (QED) is 0.533. The minimum Gasteiger partial charge on any atom is -0.0993 e. The van der Waals surface area contributed by atoms with Gasteiger partial charge in [-0.05, 0) is 54.8 Å². The third-order valence-electron chi connectivity index (χ3n) is 6.33. The molecule has 0 N–H and O–H groups in total. The Kier molecular flexibility index (Phi) is 2.97. The molecule has 0 amide bonds. The summed E-state index contributed by atoms with van der Waals surface area (Å²) in [7, 11) is 0. The Morgan fingerprint density at radius 3 is 2.62 bits per heavy atom. The van der Waals surface area contributed by atoms with Crippen molar-refractivity contribution in [2.75, 3.05) is 0 Å². The number of allylic oxidation sites excluding steroid dienone is 1. The molecule has 92 valence electrons. The molecule has 0 bridgehead atoms. The maximum absolute atomic E-state index is 4.40. The fourth-order valence-corrected chi connectivity index (χ4v) is 4.56. The maximum Gasteiger partial charge on any atom is -0.00854 e. The van der Waals surface area contributed by atoms with Gasteiger partial charge in [0.05, 0.1) is 0 Å². The molecule has 0 nitrogen and oxygen atoms in total. The first-order valence-electron chi connectivity index (χ1n) is 7.13. The summed E-state index contributed by atoms with van der Waals surface area (Å²) in [4.78, 5) is 0. The molecule has 2 aliphatic carbocycles. The molecule has 2 rings (SSSR count). The van der Waals surface area contributed by atoms with Crippen LogP contribution in [-0.4, -0.2) is 0 Å². The van der Waals surface area contributed by atoms with E-state index in [-0.39, 0.29) is 0 Å². The zero-order chi connectivity index (χ0) is 12.0. The first kappa shape index (κ1) is 12.2. The standard InChI is InChI=1S/C16H28/c1-6-15(4)13(3)10-11-16(5)12(2)8-7-9-14(15)16/h13-14H,2,6-11H2,1,3-5H3. The van der Waals surface area contributed by atoms with Crippen LogP contribution >= 0.6 is 0 Å². The third-order valence-corrected chi connectivity index (χ3v) is 6.33. The normalized spacial score (nSPS) is 48.9. The zero-order valence-electron chi connectivity index (χ0n) is 11.6. The molecule has 0 aromatic rings. The SMILES string of the molecule is C=C1CCCC2C1(C)CCC(C)C2(C)CC. The summed E-state index contributed by atoms with van der Waals surface area (Å²) in [6, 6.07) is 0. The van der Waals surface area contributed by atoms with E-state index < -0.39 is 0 Å². The minimum absolute atomic E-state index is 0.454. The average Bonchev–Trinajstić information content (AvgIpc) is 2.27. The highest BCUT2D eigenvalue weighted by Crippen LogP contribution is 2.62. The molecular weight excluding hydrogens is 192 g/mol. The van der Waals surface area contributed by atoms with Crippen molar-refractivity contribution in [3.8, 4) is 0 Å². The molecule has 0 saturated heterocycles. The Hall–Kier alpha value is -0.260. The van der Waals surface area contributed by atoms with E-state index in [9.17, 15) is 0 Å². The molecule has 0 aromatic heterocycles. The van der Waals surface area contributed by atoms with Crippen molar-refractivity contribution in [2.45, 2.75) is 66.2 Å². The molecule has 16 heavy (non-hydrogen) atoms. The van der Waals surface area contributed by atoms with E-state index in [1.54, 1.807) is 5.57 Å². The first-order valence-corrected chi connectivity index (χ1v) is 7.13. The van der Waals surface area contributed by atoms with E-state index >= 15 is 0 Å². The minimum atomic E-state index is 0.454. The molecule has 4 atom stereocenters. The van der Waals surface area contributed by atoms with Crippen molar-refractivity contribution >= 4 is 0 Å². The number of hydrogen-bond acceptors (Lipinski definition) is 0. The second-order valence-corrected chi connectivity index (χ2v) is 6.76. The Balaban J connectivity index is 2.37. The molecule has 2 fully saturated rings. The van der Waals surface area contributed by atoms with Crippen LogP contribution < -0.4 is 0 Å². The van der Waals surface area contributed by atoms with Gasteiger partial charge in [0, 0.05) is 0 Å². The van der Waals surface area contributed by atoms with Gasteiger partial charge in [-0.15, -0.1) is 0 Å². The molecule has 2 saturated carbocycles. The third kappa shape index (κ3) is 1.49. The molecule has 0 heteroatoms. The second kappa shape index (κ2) is 3.89. The van der Waals surface area contributed by atoms with Gasteiger partial charge in [-0.3, -0.25) is 0 Å². The van der Waals surface area contributed by atoms with Gasteiger partial charge in [0.2, 0.25) is 0 Å². The largest absolute Gasteiger partial charge is 0.0993 e. The summed E-state index contributed by atoms with van der Waals surface area (Å²) in [6.45, 7) is 14.3. The van der Waals surface area contributed by atoms with Crippen molar-refractivity contribution in [3.63, 3.8) is 0 Å². The topological polar surface area (TPSA) is 0 Å². The first-order chi connectivity index (χ1) is 7.45. The highest BCUT2D eigenvalue weighted by atomic mass is 14.6. The van der Waals surface area contributed by atoms with Gasteiger partial charge in [-0.1, -0.05) is 46.3 Å². The van der Waals surface area contributed by atoms with Gasteiger partial charge in [0.1, 0.15) is 0 Å². The van der Waals surface area contributed by atoms with Crippen molar-refractivity contribution < 1.29 is 0 Å².